The lowest BCUT2D eigenvalue weighted by Gasteiger charge is -2.21. The summed E-state index contributed by atoms with van der Waals surface area (Å²) >= 11 is 7.30. The van der Waals surface area contributed by atoms with Crippen LogP contribution >= 0.6 is 23.4 Å². The van der Waals surface area contributed by atoms with E-state index in [0.717, 1.165) is 11.1 Å². The monoisotopic (exact) mass is 401 g/mol. The zero-order valence-electron chi connectivity index (χ0n) is 15.0. The molecule has 0 spiro atoms. The molecule has 3 aromatic rings. The SMILES string of the molecule is C[C@@H](Sc1nnc(-c2cccc(Cl)c2)n1N)C(=O)N(C)Cc1ccccc1. The zero-order chi connectivity index (χ0) is 19.4. The first kappa shape index (κ1) is 19.3. The molecule has 0 fully saturated rings. The molecule has 0 aliphatic carbocycles. The van der Waals surface area contributed by atoms with Crippen molar-refractivity contribution in [2.75, 3.05) is 12.9 Å². The van der Waals surface area contributed by atoms with Crippen LogP contribution in [-0.2, 0) is 11.3 Å². The van der Waals surface area contributed by atoms with Crippen molar-refractivity contribution in [1.29, 1.82) is 0 Å². The van der Waals surface area contributed by atoms with Gasteiger partial charge in [0.25, 0.3) is 0 Å². The fraction of sp³-hybridized carbons (Fsp3) is 0.211. The van der Waals surface area contributed by atoms with Gasteiger partial charge in [0, 0.05) is 24.2 Å². The van der Waals surface area contributed by atoms with Crippen LogP contribution < -0.4 is 5.84 Å². The van der Waals surface area contributed by atoms with Crippen LogP contribution in [0.5, 0.6) is 0 Å². The Morgan fingerprint density at radius 3 is 2.67 bits per heavy atom. The molecule has 1 aromatic heterocycles. The minimum absolute atomic E-state index is 0.00356. The summed E-state index contributed by atoms with van der Waals surface area (Å²) in [6.07, 6.45) is 0. The number of halogens is 1. The van der Waals surface area contributed by atoms with Gasteiger partial charge in [-0.25, -0.2) is 4.68 Å². The van der Waals surface area contributed by atoms with E-state index in [-0.39, 0.29) is 11.2 Å². The summed E-state index contributed by atoms with van der Waals surface area (Å²) < 4.78 is 1.39. The molecule has 0 aliphatic rings. The number of amides is 1. The molecule has 0 saturated carbocycles. The lowest BCUT2D eigenvalue weighted by atomic mass is 10.2. The average Bonchev–Trinajstić information content (AvgIpc) is 3.02. The molecule has 2 aromatic carbocycles. The fourth-order valence-electron chi connectivity index (χ4n) is 2.64. The van der Waals surface area contributed by atoms with Gasteiger partial charge in [0.15, 0.2) is 5.82 Å². The van der Waals surface area contributed by atoms with Crippen LogP contribution in [0.4, 0.5) is 0 Å². The van der Waals surface area contributed by atoms with E-state index in [9.17, 15) is 4.79 Å². The van der Waals surface area contributed by atoms with Crippen LogP contribution in [0.2, 0.25) is 5.02 Å². The highest BCUT2D eigenvalue weighted by molar-refractivity contribution is 8.00. The highest BCUT2D eigenvalue weighted by Gasteiger charge is 2.22. The Morgan fingerprint density at radius 1 is 1.22 bits per heavy atom. The number of thioether (sulfide) groups is 1. The van der Waals surface area contributed by atoms with Gasteiger partial charge >= 0.3 is 0 Å². The molecule has 1 amide bonds. The summed E-state index contributed by atoms with van der Waals surface area (Å²) in [5.41, 5.74) is 1.85. The zero-order valence-corrected chi connectivity index (χ0v) is 16.6. The third-order valence-electron chi connectivity index (χ3n) is 4.02. The molecule has 0 bridgehead atoms. The van der Waals surface area contributed by atoms with Crippen molar-refractivity contribution in [2.24, 2.45) is 0 Å². The molecular formula is C19H20ClN5OS. The van der Waals surface area contributed by atoms with Crippen LogP contribution in [0, 0.1) is 0 Å². The highest BCUT2D eigenvalue weighted by Crippen LogP contribution is 2.26. The number of hydrogen-bond donors (Lipinski definition) is 1. The Hall–Kier alpha value is -2.51. The summed E-state index contributed by atoms with van der Waals surface area (Å²) in [5, 5.41) is 8.98. The van der Waals surface area contributed by atoms with E-state index in [1.54, 1.807) is 24.1 Å². The summed E-state index contributed by atoms with van der Waals surface area (Å²) in [7, 11) is 1.79. The molecule has 0 saturated heterocycles. The normalized spacial score (nSPS) is 12.0. The van der Waals surface area contributed by atoms with E-state index in [0.29, 0.717) is 22.5 Å². The molecule has 1 atom stereocenters. The van der Waals surface area contributed by atoms with Crippen molar-refractivity contribution in [3.8, 4) is 11.4 Å². The largest absolute Gasteiger partial charge is 0.340 e. The predicted octanol–water partition coefficient (Wildman–Crippen LogP) is 3.45. The third-order valence-corrected chi connectivity index (χ3v) is 5.30. The van der Waals surface area contributed by atoms with E-state index in [2.05, 4.69) is 10.2 Å². The van der Waals surface area contributed by atoms with Gasteiger partial charge in [0.05, 0.1) is 5.25 Å². The van der Waals surface area contributed by atoms with Crippen LogP contribution in [0.15, 0.2) is 59.8 Å². The molecular weight excluding hydrogens is 382 g/mol. The minimum atomic E-state index is -0.350. The number of benzene rings is 2. The van der Waals surface area contributed by atoms with Crippen LogP contribution in [0.3, 0.4) is 0 Å². The van der Waals surface area contributed by atoms with Crippen molar-refractivity contribution in [2.45, 2.75) is 23.9 Å². The van der Waals surface area contributed by atoms with Gasteiger partial charge in [-0.3, -0.25) is 4.79 Å². The van der Waals surface area contributed by atoms with Crippen LogP contribution in [0.25, 0.3) is 11.4 Å². The number of hydrogen-bond acceptors (Lipinski definition) is 5. The first-order chi connectivity index (χ1) is 13.0. The van der Waals surface area contributed by atoms with Gasteiger partial charge in [-0.15, -0.1) is 10.2 Å². The standard InChI is InChI=1S/C19H20ClN5OS/c1-13(18(26)24(2)12-14-7-4-3-5-8-14)27-19-23-22-17(25(19)21)15-9-6-10-16(20)11-15/h3-11,13H,12,21H2,1-2H3/t13-/m1/s1. The molecule has 1 heterocycles. The molecule has 0 unspecified atom stereocenters. The van der Waals surface area contributed by atoms with Gasteiger partial charge < -0.3 is 10.7 Å². The number of nitrogens with two attached hydrogens (primary N) is 1. The second-order valence-corrected chi connectivity index (χ2v) is 7.87. The summed E-state index contributed by atoms with van der Waals surface area (Å²) in [6, 6.07) is 17.1. The molecule has 6 nitrogen and oxygen atoms in total. The number of nitrogens with zero attached hydrogens (tertiary/aromatic N) is 4. The molecule has 8 heteroatoms. The van der Waals surface area contributed by atoms with E-state index in [1.165, 1.54) is 16.4 Å². The molecule has 2 N–H and O–H groups in total. The summed E-state index contributed by atoms with van der Waals surface area (Å²) in [5.74, 6) is 6.63. The Bertz CT molecular complexity index is 931. The quantitative estimate of drug-likeness (QED) is 0.505. The van der Waals surface area contributed by atoms with Gasteiger partial charge in [-0.05, 0) is 24.6 Å². The fourth-order valence-corrected chi connectivity index (χ4v) is 3.71. The van der Waals surface area contributed by atoms with E-state index >= 15 is 0 Å². The van der Waals surface area contributed by atoms with Gasteiger partial charge in [-0.2, -0.15) is 0 Å². The van der Waals surface area contributed by atoms with E-state index in [1.807, 2.05) is 49.4 Å². The molecule has 140 valence electrons. The lowest BCUT2D eigenvalue weighted by Crippen LogP contribution is -2.33. The molecule has 0 radical (unpaired) electrons. The number of rotatable bonds is 6. The van der Waals surface area contributed by atoms with Crippen molar-refractivity contribution in [3.05, 3.63) is 65.2 Å². The first-order valence-electron chi connectivity index (χ1n) is 8.37. The molecule has 3 rings (SSSR count). The van der Waals surface area contributed by atoms with Crippen LogP contribution in [-0.4, -0.2) is 38.0 Å². The molecule has 0 aliphatic heterocycles. The van der Waals surface area contributed by atoms with E-state index in [4.69, 9.17) is 17.4 Å². The average molecular weight is 402 g/mol. The Balaban J connectivity index is 1.69. The second-order valence-electron chi connectivity index (χ2n) is 6.13. The highest BCUT2D eigenvalue weighted by atomic mass is 35.5. The summed E-state index contributed by atoms with van der Waals surface area (Å²) in [4.78, 5) is 14.4. The number of carbonyl (C=O) groups is 1. The maximum absolute atomic E-state index is 12.7. The maximum Gasteiger partial charge on any atom is 0.235 e. The minimum Gasteiger partial charge on any atom is -0.340 e. The number of aromatic nitrogens is 3. The van der Waals surface area contributed by atoms with Crippen molar-refractivity contribution < 1.29 is 4.79 Å². The topological polar surface area (TPSA) is 77.0 Å². The van der Waals surface area contributed by atoms with Gasteiger partial charge in [-0.1, -0.05) is 65.8 Å². The predicted molar refractivity (Wildman–Crippen MR) is 109 cm³/mol. The smallest absolute Gasteiger partial charge is 0.235 e. The second kappa shape index (κ2) is 8.45. The van der Waals surface area contributed by atoms with Gasteiger partial charge in [0.1, 0.15) is 0 Å². The Kier molecular flexibility index (Phi) is 6.03. The summed E-state index contributed by atoms with van der Waals surface area (Å²) in [6.45, 7) is 2.38. The Morgan fingerprint density at radius 2 is 1.96 bits per heavy atom. The lowest BCUT2D eigenvalue weighted by molar-refractivity contribution is -0.129. The first-order valence-corrected chi connectivity index (χ1v) is 9.63. The van der Waals surface area contributed by atoms with Crippen molar-refractivity contribution in [3.63, 3.8) is 0 Å². The maximum atomic E-state index is 12.7. The van der Waals surface area contributed by atoms with Crippen molar-refractivity contribution in [1.82, 2.24) is 19.8 Å². The van der Waals surface area contributed by atoms with Crippen LogP contribution in [0.1, 0.15) is 12.5 Å². The number of nitrogen functional groups attached to an aromatic ring is 1. The van der Waals surface area contributed by atoms with Gasteiger partial charge in [0.2, 0.25) is 11.1 Å². The van der Waals surface area contributed by atoms with E-state index < -0.39 is 0 Å². The number of carbonyl (C=O) groups excluding carboxylic acids is 1. The Labute approximate surface area is 167 Å². The molecule has 27 heavy (non-hydrogen) atoms. The van der Waals surface area contributed by atoms with Crippen molar-refractivity contribution >= 4 is 29.3 Å². The third kappa shape index (κ3) is 4.61.